The van der Waals surface area contributed by atoms with Gasteiger partial charge in [-0.15, -0.1) is 0 Å². The van der Waals surface area contributed by atoms with Gasteiger partial charge < -0.3 is 9.64 Å². The summed E-state index contributed by atoms with van der Waals surface area (Å²) < 4.78 is 4.56. The van der Waals surface area contributed by atoms with Crippen LogP contribution >= 0.6 is 0 Å². The fourth-order valence-electron chi connectivity index (χ4n) is 1.78. The minimum Gasteiger partial charge on any atom is -0.469 e. The molecule has 0 fully saturated rings. The van der Waals surface area contributed by atoms with Gasteiger partial charge in [0, 0.05) is 25.7 Å². The average Bonchev–Trinajstić information content (AvgIpc) is 2.37. The lowest BCUT2D eigenvalue weighted by molar-refractivity contribution is -0.140. The van der Waals surface area contributed by atoms with E-state index in [0.717, 1.165) is 11.4 Å². The van der Waals surface area contributed by atoms with E-state index in [9.17, 15) is 9.59 Å². The van der Waals surface area contributed by atoms with Crippen molar-refractivity contribution in [1.29, 1.82) is 0 Å². The van der Waals surface area contributed by atoms with Crippen molar-refractivity contribution in [3.63, 3.8) is 0 Å². The standard InChI is InChI=1S/C14H20N2O3/c1-10-7-8-12(11(2)15-10)14(18)16(3)9-5-6-13(17)19-4/h7-8H,5-6,9H2,1-4H3. The van der Waals surface area contributed by atoms with Gasteiger partial charge in [0.1, 0.15) is 0 Å². The van der Waals surface area contributed by atoms with Crippen molar-refractivity contribution in [2.24, 2.45) is 0 Å². The molecule has 104 valence electrons. The van der Waals surface area contributed by atoms with Crippen LogP contribution in [0.15, 0.2) is 12.1 Å². The number of hydrogen-bond acceptors (Lipinski definition) is 4. The van der Waals surface area contributed by atoms with E-state index in [1.54, 1.807) is 18.0 Å². The van der Waals surface area contributed by atoms with E-state index in [1.807, 2.05) is 19.9 Å². The van der Waals surface area contributed by atoms with Gasteiger partial charge in [-0.05, 0) is 32.4 Å². The van der Waals surface area contributed by atoms with Crippen LogP contribution in [0.3, 0.4) is 0 Å². The zero-order valence-corrected chi connectivity index (χ0v) is 11.9. The van der Waals surface area contributed by atoms with Crippen molar-refractivity contribution in [2.45, 2.75) is 26.7 Å². The number of aromatic nitrogens is 1. The predicted octanol–water partition coefficient (Wildman–Crippen LogP) is 1.72. The Morgan fingerprint density at radius 2 is 2.00 bits per heavy atom. The SMILES string of the molecule is COC(=O)CCCN(C)C(=O)c1ccc(C)nc1C. The Kier molecular flexibility index (Phi) is 5.48. The lowest BCUT2D eigenvalue weighted by Crippen LogP contribution is -2.29. The first kappa shape index (κ1) is 15.1. The summed E-state index contributed by atoms with van der Waals surface area (Å²) in [4.78, 5) is 29.1. The number of aryl methyl sites for hydroxylation is 2. The van der Waals surface area contributed by atoms with Gasteiger partial charge in [0.2, 0.25) is 0 Å². The van der Waals surface area contributed by atoms with Gasteiger partial charge >= 0.3 is 5.97 Å². The molecule has 1 aromatic heterocycles. The van der Waals surface area contributed by atoms with E-state index in [1.165, 1.54) is 7.11 Å². The van der Waals surface area contributed by atoms with Crippen LogP contribution in [0.4, 0.5) is 0 Å². The number of nitrogens with zero attached hydrogens (tertiary/aromatic N) is 2. The first-order valence-electron chi connectivity index (χ1n) is 6.22. The average molecular weight is 264 g/mol. The van der Waals surface area contributed by atoms with Crippen molar-refractivity contribution in [2.75, 3.05) is 20.7 Å². The molecule has 1 aromatic rings. The summed E-state index contributed by atoms with van der Waals surface area (Å²) >= 11 is 0. The smallest absolute Gasteiger partial charge is 0.305 e. The molecule has 0 spiro atoms. The van der Waals surface area contributed by atoms with E-state index in [0.29, 0.717) is 24.9 Å². The van der Waals surface area contributed by atoms with Gasteiger partial charge in [-0.2, -0.15) is 0 Å². The van der Waals surface area contributed by atoms with Crippen LogP contribution in [-0.2, 0) is 9.53 Å². The molecule has 0 atom stereocenters. The largest absolute Gasteiger partial charge is 0.469 e. The highest BCUT2D eigenvalue weighted by Gasteiger charge is 2.15. The number of carbonyl (C=O) groups excluding carboxylic acids is 2. The molecule has 1 amide bonds. The maximum Gasteiger partial charge on any atom is 0.305 e. The minimum absolute atomic E-state index is 0.0742. The molecule has 1 heterocycles. The topological polar surface area (TPSA) is 59.5 Å². The maximum atomic E-state index is 12.2. The predicted molar refractivity (Wildman–Crippen MR) is 71.9 cm³/mol. The Bertz CT molecular complexity index is 472. The second-order valence-corrected chi connectivity index (χ2v) is 4.49. The molecule has 0 saturated heterocycles. The number of hydrogen-bond donors (Lipinski definition) is 0. The van der Waals surface area contributed by atoms with Crippen LogP contribution in [-0.4, -0.2) is 42.5 Å². The summed E-state index contributed by atoms with van der Waals surface area (Å²) in [6.07, 6.45) is 0.909. The molecule has 0 radical (unpaired) electrons. The van der Waals surface area contributed by atoms with Crippen LogP contribution in [0, 0.1) is 13.8 Å². The van der Waals surface area contributed by atoms with Crippen LogP contribution in [0.5, 0.6) is 0 Å². The zero-order chi connectivity index (χ0) is 14.4. The lowest BCUT2D eigenvalue weighted by Gasteiger charge is -2.17. The molecule has 0 unspecified atom stereocenters. The number of rotatable bonds is 5. The molecule has 0 aromatic carbocycles. The van der Waals surface area contributed by atoms with Crippen molar-refractivity contribution in [3.05, 3.63) is 29.1 Å². The molecule has 0 bridgehead atoms. The molecule has 0 aliphatic carbocycles. The Balaban J connectivity index is 2.59. The number of ether oxygens (including phenoxy) is 1. The minimum atomic E-state index is -0.256. The number of carbonyl (C=O) groups is 2. The first-order valence-corrected chi connectivity index (χ1v) is 6.22. The van der Waals surface area contributed by atoms with Gasteiger partial charge in [-0.25, -0.2) is 0 Å². The summed E-state index contributed by atoms with van der Waals surface area (Å²) in [5, 5.41) is 0. The zero-order valence-electron chi connectivity index (χ0n) is 11.9. The molecule has 5 nitrogen and oxygen atoms in total. The molecular formula is C14H20N2O3. The van der Waals surface area contributed by atoms with Gasteiger partial charge in [0.05, 0.1) is 18.4 Å². The van der Waals surface area contributed by atoms with E-state index in [4.69, 9.17) is 0 Å². The van der Waals surface area contributed by atoms with Crippen LogP contribution < -0.4 is 0 Å². The third-order valence-electron chi connectivity index (χ3n) is 2.90. The molecule has 19 heavy (non-hydrogen) atoms. The summed E-state index contributed by atoms with van der Waals surface area (Å²) in [5.41, 5.74) is 2.22. The van der Waals surface area contributed by atoms with E-state index < -0.39 is 0 Å². The molecular weight excluding hydrogens is 244 g/mol. The Morgan fingerprint density at radius 3 is 2.58 bits per heavy atom. The number of pyridine rings is 1. The third kappa shape index (κ3) is 4.35. The fraction of sp³-hybridized carbons (Fsp3) is 0.500. The Hall–Kier alpha value is -1.91. The summed E-state index contributed by atoms with van der Waals surface area (Å²) in [7, 11) is 3.08. The van der Waals surface area contributed by atoms with Crippen LogP contribution in [0.1, 0.15) is 34.6 Å². The van der Waals surface area contributed by atoms with E-state index in [2.05, 4.69) is 9.72 Å². The fourth-order valence-corrected chi connectivity index (χ4v) is 1.78. The highest BCUT2D eigenvalue weighted by Crippen LogP contribution is 2.10. The van der Waals surface area contributed by atoms with Crippen LogP contribution in [0.2, 0.25) is 0 Å². The molecule has 5 heteroatoms. The number of methoxy groups -OCH3 is 1. The molecule has 0 aliphatic heterocycles. The third-order valence-corrected chi connectivity index (χ3v) is 2.90. The molecule has 0 saturated carbocycles. The first-order chi connectivity index (χ1) is 8.95. The Labute approximate surface area is 113 Å². The van der Waals surface area contributed by atoms with Gasteiger partial charge in [0.15, 0.2) is 0 Å². The quantitative estimate of drug-likeness (QED) is 0.760. The van der Waals surface area contributed by atoms with Crippen molar-refractivity contribution in [3.8, 4) is 0 Å². The van der Waals surface area contributed by atoms with Crippen LogP contribution in [0.25, 0.3) is 0 Å². The molecule has 1 rings (SSSR count). The number of esters is 1. The van der Waals surface area contributed by atoms with Gasteiger partial charge in [-0.3, -0.25) is 14.6 Å². The highest BCUT2D eigenvalue weighted by atomic mass is 16.5. The second-order valence-electron chi connectivity index (χ2n) is 4.49. The Morgan fingerprint density at radius 1 is 1.32 bits per heavy atom. The van der Waals surface area contributed by atoms with Gasteiger partial charge in [0.25, 0.3) is 5.91 Å². The molecule has 0 N–H and O–H groups in total. The maximum absolute atomic E-state index is 12.2. The summed E-state index contributed by atoms with van der Waals surface area (Å²) in [5.74, 6) is -0.330. The van der Waals surface area contributed by atoms with Crippen molar-refractivity contribution in [1.82, 2.24) is 9.88 Å². The van der Waals surface area contributed by atoms with Crippen molar-refractivity contribution >= 4 is 11.9 Å². The second kappa shape index (κ2) is 6.87. The van der Waals surface area contributed by atoms with Gasteiger partial charge in [-0.1, -0.05) is 0 Å². The van der Waals surface area contributed by atoms with Crippen molar-refractivity contribution < 1.29 is 14.3 Å². The normalized spacial score (nSPS) is 10.1. The highest BCUT2D eigenvalue weighted by molar-refractivity contribution is 5.95. The monoisotopic (exact) mass is 264 g/mol. The summed E-state index contributed by atoms with van der Waals surface area (Å²) in [6, 6.07) is 3.61. The van der Waals surface area contributed by atoms with E-state index in [-0.39, 0.29) is 11.9 Å². The number of amides is 1. The lowest BCUT2D eigenvalue weighted by atomic mass is 10.1. The summed E-state index contributed by atoms with van der Waals surface area (Å²) in [6.45, 7) is 4.23. The van der Waals surface area contributed by atoms with E-state index >= 15 is 0 Å². The molecule has 0 aliphatic rings.